The Morgan fingerprint density at radius 2 is 1.93 bits per heavy atom. The van der Waals surface area contributed by atoms with E-state index in [1.165, 1.54) is 37.2 Å². The molecule has 0 radical (unpaired) electrons. The standard InChI is InChI=1S/C20H23N3O5S/c1-22(2)29(25,26)14-12-16(23(3)13-14)20(24)21-19(18-10-7-11-28-18)15-8-5-6-9-17(15)27-4/h5-13,19H,1-4H3,(H,21,24). The van der Waals surface area contributed by atoms with Crippen LogP contribution in [0.4, 0.5) is 0 Å². The van der Waals surface area contributed by atoms with Crippen LogP contribution in [0, 0.1) is 0 Å². The van der Waals surface area contributed by atoms with Crippen LogP contribution in [-0.2, 0) is 17.1 Å². The van der Waals surface area contributed by atoms with Gasteiger partial charge in [0.15, 0.2) is 0 Å². The van der Waals surface area contributed by atoms with Gasteiger partial charge in [0.05, 0.1) is 13.4 Å². The number of hydrogen-bond donors (Lipinski definition) is 1. The number of nitrogens with zero attached hydrogens (tertiary/aromatic N) is 2. The fraction of sp³-hybridized carbons (Fsp3) is 0.250. The van der Waals surface area contributed by atoms with E-state index in [-0.39, 0.29) is 10.6 Å². The van der Waals surface area contributed by atoms with E-state index >= 15 is 0 Å². The Kier molecular flexibility index (Phi) is 5.81. The van der Waals surface area contributed by atoms with E-state index in [0.29, 0.717) is 17.1 Å². The Morgan fingerprint density at radius 1 is 1.21 bits per heavy atom. The average Bonchev–Trinajstić information content (AvgIpc) is 3.36. The van der Waals surface area contributed by atoms with E-state index in [1.54, 1.807) is 32.4 Å². The van der Waals surface area contributed by atoms with Crippen molar-refractivity contribution in [3.8, 4) is 5.75 Å². The van der Waals surface area contributed by atoms with Crippen LogP contribution in [0.1, 0.15) is 27.9 Å². The van der Waals surface area contributed by atoms with Crippen molar-refractivity contribution in [3.63, 3.8) is 0 Å². The largest absolute Gasteiger partial charge is 0.496 e. The fourth-order valence-corrected chi connectivity index (χ4v) is 3.95. The summed E-state index contributed by atoms with van der Waals surface area (Å²) in [5, 5.41) is 2.92. The van der Waals surface area contributed by atoms with Crippen LogP contribution in [-0.4, -0.2) is 44.4 Å². The average molecular weight is 417 g/mol. The molecule has 1 unspecified atom stereocenters. The molecule has 3 aromatic rings. The SMILES string of the molecule is COc1ccccc1C(NC(=O)c1cc(S(=O)(=O)N(C)C)cn1C)c1ccco1. The summed E-state index contributed by atoms with van der Waals surface area (Å²) in [5.41, 5.74) is 0.922. The van der Waals surface area contributed by atoms with Crippen molar-refractivity contribution in [3.05, 3.63) is 71.9 Å². The number of carbonyl (C=O) groups is 1. The molecule has 0 fully saturated rings. The van der Waals surface area contributed by atoms with Crippen LogP contribution in [0.3, 0.4) is 0 Å². The zero-order chi connectivity index (χ0) is 21.2. The van der Waals surface area contributed by atoms with E-state index in [1.807, 2.05) is 18.2 Å². The summed E-state index contributed by atoms with van der Waals surface area (Å²) >= 11 is 0. The highest BCUT2D eigenvalue weighted by Gasteiger charge is 2.27. The summed E-state index contributed by atoms with van der Waals surface area (Å²) < 4.78 is 38.3. The lowest BCUT2D eigenvalue weighted by molar-refractivity contribution is 0.0930. The van der Waals surface area contributed by atoms with Crippen LogP contribution in [0.5, 0.6) is 5.75 Å². The number of carbonyl (C=O) groups excluding carboxylic acids is 1. The summed E-state index contributed by atoms with van der Waals surface area (Å²) in [6.45, 7) is 0. The summed E-state index contributed by atoms with van der Waals surface area (Å²) in [7, 11) is 2.40. The molecule has 29 heavy (non-hydrogen) atoms. The van der Waals surface area contributed by atoms with Crippen LogP contribution in [0.15, 0.2) is 64.2 Å². The summed E-state index contributed by atoms with van der Waals surface area (Å²) in [6.07, 6.45) is 2.93. The van der Waals surface area contributed by atoms with Crippen molar-refractivity contribution in [2.24, 2.45) is 7.05 Å². The van der Waals surface area contributed by atoms with Gasteiger partial charge in [0, 0.05) is 32.9 Å². The van der Waals surface area contributed by atoms with Crippen LogP contribution < -0.4 is 10.1 Å². The predicted molar refractivity (Wildman–Crippen MR) is 107 cm³/mol. The minimum atomic E-state index is -3.65. The van der Waals surface area contributed by atoms with Gasteiger partial charge >= 0.3 is 0 Å². The third kappa shape index (κ3) is 4.06. The molecule has 2 aromatic heterocycles. The Morgan fingerprint density at radius 3 is 2.55 bits per heavy atom. The molecule has 9 heteroatoms. The molecule has 0 aliphatic carbocycles. The number of sulfonamides is 1. The highest BCUT2D eigenvalue weighted by Crippen LogP contribution is 2.30. The lowest BCUT2D eigenvalue weighted by Gasteiger charge is -2.19. The monoisotopic (exact) mass is 417 g/mol. The van der Waals surface area contributed by atoms with E-state index in [4.69, 9.17) is 9.15 Å². The molecule has 0 saturated carbocycles. The maximum Gasteiger partial charge on any atom is 0.268 e. The molecular weight excluding hydrogens is 394 g/mol. The highest BCUT2D eigenvalue weighted by molar-refractivity contribution is 7.89. The van der Waals surface area contributed by atoms with Crippen molar-refractivity contribution in [1.29, 1.82) is 0 Å². The number of aryl methyl sites for hydroxylation is 1. The smallest absolute Gasteiger partial charge is 0.268 e. The molecular formula is C20H23N3O5S. The number of methoxy groups -OCH3 is 1. The zero-order valence-electron chi connectivity index (χ0n) is 16.6. The van der Waals surface area contributed by atoms with Gasteiger partial charge in [-0.1, -0.05) is 18.2 Å². The Hall–Kier alpha value is -3.04. The van der Waals surface area contributed by atoms with Gasteiger partial charge < -0.3 is 19.0 Å². The molecule has 8 nitrogen and oxygen atoms in total. The maximum atomic E-state index is 13.0. The second-order valence-corrected chi connectivity index (χ2v) is 8.78. The van der Waals surface area contributed by atoms with Gasteiger partial charge in [-0.05, 0) is 24.3 Å². The number of rotatable bonds is 7. The van der Waals surface area contributed by atoms with Crippen molar-refractivity contribution in [1.82, 2.24) is 14.2 Å². The molecule has 0 aliphatic rings. The molecule has 1 N–H and O–H groups in total. The molecule has 154 valence electrons. The Labute approximate surface area is 169 Å². The van der Waals surface area contributed by atoms with Gasteiger partial charge in [0.2, 0.25) is 10.0 Å². The molecule has 0 bridgehead atoms. The number of amides is 1. The molecule has 1 amide bonds. The number of ether oxygens (including phenoxy) is 1. The first-order valence-electron chi connectivity index (χ1n) is 8.81. The lowest BCUT2D eigenvalue weighted by Crippen LogP contribution is -2.30. The quantitative estimate of drug-likeness (QED) is 0.637. The Balaban J connectivity index is 1.98. The second-order valence-electron chi connectivity index (χ2n) is 6.62. The normalized spacial score (nSPS) is 12.7. The van der Waals surface area contributed by atoms with Crippen LogP contribution >= 0.6 is 0 Å². The number of hydrogen-bond acceptors (Lipinski definition) is 5. The number of furan rings is 1. The van der Waals surface area contributed by atoms with Crippen molar-refractivity contribution in [2.45, 2.75) is 10.9 Å². The molecule has 3 rings (SSSR count). The number of para-hydroxylation sites is 1. The number of aromatic nitrogens is 1. The van der Waals surface area contributed by atoms with Crippen molar-refractivity contribution < 1.29 is 22.4 Å². The van der Waals surface area contributed by atoms with Gasteiger partial charge in [-0.25, -0.2) is 12.7 Å². The van der Waals surface area contributed by atoms with Crippen molar-refractivity contribution >= 4 is 15.9 Å². The van der Waals surface area contributed by atoms with Gasteiger partial charge in [0.25, 0.3) is 5.91 Å². The third-order valence-electron chi connectivity index (χ3n) is 4.54. The van der Waals surface area contributed by atoms with Gasteiger partial charge in [0.1, 0.15) is 28.1 Å². The first-order chi connectivity index (χ1) is 13.8. The van der Waals surface area contributed by atoms with E-state index in [0.717, 1.165) is 4.31 Å². The minimum Gasteiger partial charge on any atom is -0.496 e. The number of nitrogens with one attached hydrogen (secondary N) is 1. The molecule has 1 aromatic carbocycles. The second kappa shape index (κ2) is 8.14. The maximum absolute atomic E-state index is 13.0. The first-order valence-corrected chi connectivity index (χ1v) is 10.3. The summed E-state index contributed by atoms with van der Waals surface area (Å²) in [5.74, 6) is 0.676. The summed E-state index contributed by atoms with van der Waals surface area (Å²) in [4.78, 5) is 13.1. The van der Waals surface area contributed by atoms with E-state index in [9.17, 15) is 13.2 Å². The van der Waals surface area contributed by atoms with Gasteiger partial charge in [-0.2, -0.15) is 0 Å². The number of benzene rings is 1. The molecule has 0 spiro atoms. The molecule has 2 heterocycles. The Bertz CT molecular complexity index is 1100. The van der Waals surface area contributed by atoms with Crippen LogP contribution in [0.25, 0.3) is 0 Å². The molecule has 0 saturated heterocycles. The molecule has 1 atom stereocenters. The lowest BCUT2D eigenvalue weighted by atomic mass is 10.0. The minimum absolute atomic E-state index is 0.0435. The molecule has 0 aliphatic heterocycles. The van der Waals surface area contributed by atoms with E-state index in [2.05, 4.69) is 5.32 Å². The predicted octanol–water partition coefficient (Wildman–Crippen LogP) is 2.40. The topological polar surface area (TPSA) is 93.8 Å². The van der Waals surface area contributed by atoms with Gasteiger partial charge in [-0.3, -0.25) is 4.79 Å². The fourth-order valence-electron chi connectivity index (χ4n) is 2.98. The highest BCUT2D eigenvalue weighted by atomic mass is 32.2. The van der Waals surface area contributed by atoms with Crippen molar-refractivity contribution in [2.75, 3.05) is 21.2 Å². The van der Waals surface area contributed by atoms with Crippen LogP contribution in [0.2, 0.25) is 0 Å². The van der Waals surface area contributed by atoms with Gasteiger partial charge in [-0.15, -0.1) is 0 Å². The first kappa shape index (κ1) is 20.7. The third-order valence-corrected chi connectivity index (χ3v) is 6.32. The summed E-state index contributed by atoms with van der Waals surface area (Å²) in [6, 6.07) is 11.5. The zero-order valence-corrected chi connectivity index (χ0v) is 17.4. The van der Waals surface area contributed by atoms with E-state index < -0.39 is 22.0 Å².